The fraction of sp³-hybridized carbons (Fsp3) is 0.600. The van der Waals surface area contributed by atoms with Gasteiger partial charge in [-0.3, -0.25) is 9.59 Å². The Morgan fingerprint density at radius 2 is 1.36 bits per heavy atom. The second-order valence-corrected chi connectivity index (χ2v) is 15.1. The Bertz CT molecular complexity index is 1350. The van der Waals surface area contributed by atoms with Gasteiger partial charge in [-0.05, 0) is 77.1 Å². The van der Waals surface area contributed by atoms with E-state index in [0.29, 0.717) is 18.4 Å². The van der Waals surface area contributed by atoms with Gasteiger partial charge in [-0.25, -0.2) is 9.59 Å². The first kappa shape index (κ1) is 42.1. The molecule has 10 nitrogen and oxygen atoms in total. The van der Waals surface area contributed by atoms with Crippen molar-refractivity contribution >= 4 is 23.9 Å². The third-order valence-corrected chi connectivity index (χ3v) is 8.25. The molecule has 2 rings (SSSR count). The molecular formula is C40H61N3O7. The number of hydrogen-bond acceptors (Lipinski definition) is 7. The standard InChI is InChI=1S/C40H61N3O7/c1-10-12-13-14-15-19-26-43(36(46)33(28(3)11-2)42-38(48)50-40(7,8)9)34(30-22-24-31(44)25-23-30)35(45)41-32(37(47)49-39(4,5)6)27-29-20-17-16-18-21-29/h16-18,20-25,28,32-34,44H,10-15,19,26-27H2,1-9H3,(H,41,45)(H,42,48). The van der Waals surface area contributed by atoms with Crippen molar-refractivity contribution in [1.29, 1.82) is 0 Å². The Balaban J connectivity index is 2.63. The van der Waals surface area contributed by atoms with Crippen molar-refractivity contribution in [2.45, 2.75) is 143 Å². The fourth-order valence-electron chi connectivity index (χ4n) is 5.52. The number of nitrogens with zero attached hydrogens (tertiary/aromatic N) is 1. The fourth-order valence-corrected chi connectivity index (χ4v) is 5.52. The summed E-state index contributed by atoms with van der Waals surface area (Å²) < 4.78 is 11.3. The van der Waals surface area contributed by atoms with Crippen LogP contribution in [0.3, 0.4) is 0 Å². The van der Waals surface area contributed by atoms with E-state index >= 15 is 0 Å². The molecule has 3 N–H and O–H groups in total. The topological polar surface area (TPSA) is 134 Å². The molecule has 0 aliphatic carbocycles. The first-order valence-corrected chi connectivity index (χ1v) is 18.1. The molecule has 0 fully saturated rings. The smallest absolute Gasteiger partial charge is 0.408 e. The minimum Gasteiger partial charge on any atom is -0.508 e. The number of alkyl carbamates (subject to hydrolysis) is 1. The molecule has 4 atom stereocenters. The van der Waals surface area contributed by atoms with E-state index in [9.17, 15) is 24.3 Å². The van der Waals surface area contributed by atoms with Gasteiger partial charge in [0, 0.05) is 13.0 Å². The number of benzene rings is 2. The van der Waals surface area contributed by atoms with Crippen LogP contribution in [0.5, 0.6) is 5.75 Å². The molecule has 0 aliphatic heterocycles. The molecule has 0 bridgehead atoms. The maximum atomic E-state index is 14.7. The number of ether oxygens (including phenoxy) is 2. The summed E-state index contributed by atoms with van der Waals surface area (Å²) >= 11 is 0. The number of nitrogens with one attached hydrogen (secondary N) is 2. The van der Waals surface area contributed by atoms with Gasteiger partial charge in [-0.15, -0.1) is 0 Å². The van der Waals surface area contributed by atoms with Gasteiger partial charge < -0.3 is 30.1 Å². The third-order valence-electron chi connectivity index (χ3n) is 8.25. The summed E-state index contributed by atoms with van der Waals surface area (Å²) in [5, 5.41) is 15.9. The highest BCUT2D eigenvalue weighted by molar-refractivity contribution is 5.94. The Morgan fingerprint density at radius 3 is 1.92 bits per heavy atom. The van der Waals surface area contributed by atoms with Crippen LogP contribution in [0.4, 0.5) is 4.79 Å². The van der Waals surface area contributed by atoms with Crippen molar-refractivity contribution in [3.05, 3.63) is 65.7 Å². The Morgan fingerprint density at radius 1 is 0.780 bits per heavy atom. The maximum Gasteiger partial charge on any atom is 0.408 e. The van der Waals surface area contributed by atoms with Crippen molar-refractivity contribution < 1.29 is 33.8 Å². The third kappa shape index (κ3) is 14.8. The highest BCUT2D eigenvalue weighted by Crippen LogP contribution is 2.28. The summed E-state index contributed by atoms with van der Waals surface area (Å²) in [5.74, 6) is -1.91. The van der Waals surface area contributed by atoms with E-state index in [4.69, 9.17) is 9.47 Å². The van der Waals surface area contributed by atoms with E-state index in [1.807, 2.05) is 44.2 Å². The lowest BCUT2D eigenvalue weighted by atomic mass is 9.95. The van der Waals surface area contributed by atoms with Crippen LogP contribution in [-0.2, 0) is 30.3 Å². The minimum absolute atomic E-state index is 0.00138. The van der Waals surface area contributed by atoms with Crippen LogP contribution in [0.2, 0.25) is 0 Å². The minimum atomic E-state index is -1.19. The van der Waals surface area contributed by atoms with Gasteiger partial charge in [0.25, 0.3) is 0 Å². The van der Waals surface area contributed by atoms with Gasteiger partial charge in [0.05, 0.1) is 0 Å². The average molecular weight is 696 g/mol. The van der Waals surface area contributed by atoms with E-state index in [-0.39, 0.29) is 24.6 Å². The summed E-state index contributed by atoms with van der Waals surface area (Å²) in [6.45, 7) is 16.7. The van der Waals surface area contributed by atoms with Crippen LogP contribution in [0.25, 0.3) is 0 Å². The molecule has 2 aromatic rings. The van der Waals surface area contributed by atoms with Gasteiger partial charge in [0.2, 0.25) is 11.8 Å². The lowest BCUT2D eigenvalue weighted by molar-refractivity contribution is -0.159. The predicted octanol–water partition coefficient (Wildman–Crippen LogP) is 7.63. The Kier molecular flexibility index (Phi) is 16.8. The van der Waals surface area contributed by atoms with E-state index in [0.717, 1.165) is 37.7 Å². The number of rotatable bonds is 18. The molecule has 278 valence electrons. The highest BCUT2D eigenvalue weighted by Gasteiger charge is 2.39. The lowest BCUT2D eigenvalue weighted by Gasteiger charge is -2.36. The van der Waals surface area contributed by atoms with E-state index in [1.54, 1.807) is 53.7 Å². The largest absolute Gasteiger partial charge is 0.508 e. The van der Waals surface area contributed by atoms with Gasteiger partial charge in [0.15, 0.2) is 0 Å². The molecule has 50 heavy (non-hydrogen) atoms. The van der Waals surface area contributed by atoms with Crippen molar-refractivity contribution in [1.82, 2.24) is 15.5 Å². The molecule has 0 saturated carbocycles. The SMILES string of the molecule is CCCCCCCCN(C(=O)C(NC(=O)OC(C)(C)C)C(C)CC)C(C(=O)NC(Cc1ccccc1)C(=O)OC(C)(C)C)c1ccc(O)cc1. The molecule has 0 aliphatic rings. The normalized spacial score (nSPS) is 14.1. The second kappa shape index (κ2) is 19.9. The molecule has 0 radical (unpaired) electrons. The van der Waals surface area contributed by atoms with Crippen molar-refractivity contribution in [3.63, 3.8) is 0 Å². The van der Waals surface area contributed by atoms with E-state index in [1.165, 1.54) is 17.0 Å². The number of carbonyl (C=O) groups excluding carboxylic acids is 4. The van der Waals surface area contributed by atoms with Crippen molar-refractivity contribution in [2.24, 2.45) is 5.92 Å². The summed E-state index contributed by atoms with van der Waals surface area (Å²) in [5.41, 5.74) is -0.315. The molecule has 10 heteroatoms. The zero-order valence-corrected chi connectivity index (χ0v) is 31.7. The van der Waals surface area contributed by atoms with Crippen LogP contribution in [0, 0.1) is 5.92 Å². The molecule has 0 aromatic heterocycles. The highest BCUT2D eigenvalue weighted by atomic mass is 16.6. The quantitative estimate of drug-likeness (QED) is 0.108. The van der Waals surface area contributed by atoms with Crippen molar-refractivity contribution in [2.75, 3.05) is 6.54 Å². The Labute approximate surface area is 299 Å². The van der Waals surface area contributed by atoms with Gasteiger partial charge in [-0.1, -0.05) is 102 Å². The van der Waals surface area contributed by atoms with Crippen LogP contribution in [0.1, 0.15) is 124 Å². The predicted molar refractivity (Wildman–Crippen MR) is 196 cm³/mol. The van der Waals surface area contributed by atoms with Crippen LogP contribution >= 0.6 is 0 Å². The van der Waals surface area contributed by atoms with Gasteiger partial charge in [-0.2, -0.15) is 0 Å². The summed E-state index contributed by atoms with van der Waals surface area (Å²) in [6, 6.07) is 12.2. The van der Waals surface area contributed by atoms with Crippen LogP contribution in [-0.4, -0.2) is 63.7 Å². The van der Waals surface area contributed by atoms with Crippen LogP contribution < -0.4 is 10.6 Å². The van der Waals surface area contributed by atoms with E-state index in [2.05, 4.69) is 17.6 Å². The number of phenols is 1. The molecule has 0 spiro atoms. The number of hydrogen-bond donors (Lipinski definition) is 3. The number of amides is 3. The Hall–Kier alpha value is -4.08. The monoisotopic (exact) mass is 695 g/mol. The molecular weight excluding hydrogens is 634 g/mol. The number of aromatic hydroxyl groups is 1. The molecule has 3 amide bonds. The molecule has 4 unspecified atom stereocenters. The number of phenolic OH excluding ortho intramolecular Hbond substituents is 1. The number of carbonyl (C=O) groups is 4. The summed E-state index contributed by atoms with van der Waals surface area (Å²) in [6.07, 6.45) is 5.75. The first-order chi connectivity index (χ1) is 23.5. The van der Waals surface area contributed by atoms with E-state index < -0.39 is 53.2 Å². The first-order valence-electron chi connectivity index (χ1n) is 18.1. The van der Waals surface area contributed by atoms with Crippen LogP contribution in [0.15, 0.2) is 54.6 Å². The van der Waals surface area contributed by atoms with Gasteiger partial charge >= 0.3 is 12.1 Å². The average Bonchev–Trinajstić information content (AvgIpc) is 3.03. The summed E-state index contributed by atoms with van der Waals surface area (Å²) in [7, 11) is 0. The summed E-state index contributed by atoms with van der Waals surface area (Å²) in [4.78, 5) is 57.4. The molecule has 2 aromatic carbocycles. The maximum absolute atomic E-state index is 14.7. The second-order valence-electron chi connectivity index (χ2n) is 15.1. The zero-order chi connectivity index (χ0) is 37.5. The number of unbranched alkanes of at least 4 members (excludes halogenated alkanes) is 5. The lowest BCUT2D eigenvalue weighted by Crippen LogP contribution is -2.56. The molecule has 0 saturated heterocycles. The zero-order valence-electron chi connectivity index (χ0n) is 31.7. The molecule has 0 heterocycles. The van der Waals surface area contributed by atoms with Gasteiger partial charge in [0.1, 0.15) is 35.1 Å². The number of esters is 1. The van der Waals surface area contributed by atoms with Crippen molar-refractivity contribution in [3.8, 4) is 5.75 Å².